The Morgan fingerprint density at radius 1 is 1.43 bits per heavy atom. The highest BCUT2D eigenvalue weighted by Gasteiger charge is 1.95. The summed E-state index contributed by atoms with van der Waals surface area (Å²) in [6.45, 7) is 1.99. The van der Waals surface area contributed by atoms with Crippen molar-refractivity contribution in [2.75, 3.05) is 5.32 Å². The Labute approximate surface area is 88.0 Å². The molecular weight excluding hydrogens is 196 g/mol. The predicted molar refractivity (Wildman–Crippen MR) is 63.2 cm³/mol. The molecule has 0 unspecified atom stereocenters. The Morgan fingerprint density at radius 3 is 2.71 bits per heavy atom. The molecule has 5 N–H and O–H groups in total. The number of nitrogens with one attached hydrogen (secondary N) is 1. The van der Waals surface area contributed by atoms with Crippen LogP contribution in [0.2, 0.25) is 0 Å². The Kier molecular flexibility index (Phi) is 3.41. The van der Waals surface area contributed by atoms with Gasteiger partial charge in [0, 0.05) is 5.69 Å². The normalized spacial score (nSPS) is 9.21. The molecule has 0 saturated heterocycles. The predicted octanol–water partition coefficient (Wildman–Crippen LogP) is 0.965. The smallest absolute Gasteiger partial charge is 0.200 e. The molecule has 5 heteroatoms. The number of nitrogens with zero attached hydrogens (tertiary/aromatic N) is 1. The van der Waals surface area contributed by atoms with Gasteiger partial charge in [-0.2, -0.15) is 4.99 Å². The number of thiocarbonyl (C=S) groups is 1. The molecule has 0 radical (unpaired) electrons. The van der Waals surface area contributed by atoms with Crippen LogP contribution < -0.4 is 16.8 Å². The fourth-order valence-electron chi connectivity index (χ4n) is 0.991. The molecule has 0 amide bonds. The van der Waals surface area contributed by atoms with E-state index in [9.17, 15) is 0 Å². The van der Waals surface area contributed by atoms with Gasteiger partial charge in [-0.25, -0.2) is 0 Å². The van der Waals surface area contributed by atoms with E-state index in [1.165, 1.54) is 0 Å². The van der Waals surface area contributed by atoms with Gasteiger partial charge >= 0.3 is 0 Å². The zero-order valence-corrected chi connectivity index (χ0v) is 8.64. The number of guanidine groups is 1. The summed E-state index contributed by atoms with van der Waals surface area (Å²) in [5.41, 5.74) is 12.4. The van der Waals surface area contributed by atoms with Crippen molar-refractivity contribution >= 4 is 29.0 Å². The molecule has 0 fully saturated rings. The van der Waals surface area contributed by atoms with Crippen molar-refractivity contribution in [1.29, 1.82) is 0 Å². The average molecular weight is 208 g/mol. The van der Waals surface area contributed by atoms with Crippen LogP contribution in [0.15, 0.2) is 29.3 Å². The Bertz CT molecular complexity index is 369. The minimum Gasteiger partial charge on any atom is -0.370 e. The summed E-state index contributed by atoms with van der Waals surface area (Å²) in [5, 5.41) is 3.16. The highest BCUT2D eigenvalue weighted by Crippen LogP contribution is 2.09. The van der Waals surface area contributed by atoms with Gasteiger partial charge in [0.25, 0.3) is 0 Å². The molecule has 0 atom stereocenters. The summed E-state index contributed by atoms with van der Waals surface area (Å²) in [6.07, 6.45) is 0. The number of hydrogen-bond donors (Lipinski definition) is 3. The first kappa shape index (κ1) is 10.5. The summed E-state index contributed by atoms with van der Waals surface area (Å²) in [7, 11) is 0. The van der Waals surface area contributed by atoms with Crippen LogP contribution in [-0.2, 0) is 0 Å². The highest BCUT2D eigenvalue weighted by molar-refractivity contribution is 7.80. The highest BCUT2D eigenvalue weighted by atomic mass is 32.1. The van der Waals surface area contributed by atoms with Crippen molar-refractivity contribution in [2.45, 2.75) is 6.92 Å². The summed E-state index contributed by atoms with van der Waals surface area (Å²) in [5.74, 6) is -0.0462. The summed E-state index contributed by atoms with van der Waals surface area (Å²) in [6, 6.07) is 7.76. The summed E-state index contributed by atoms with van der Waals surface area (Å²) < 4.78 is 0. The molecule has 0 heterocycles. The van der Waals surface area contributed by atoms with Crippen molar-refractivity contribution in [3.63, 3.8) is 0 Å². The molecule has 0 aliphatic carbocycles. The molecule has 74 valence electrons. The van der Waals surface area contributed by atoms with Crippen LogP contribution in [0.4, 0.5) is 5.69 Å². The van der Waals surface area contributed by atoms with Gasteiger partial charge < -0.3 is 16.8 Å². The first-order valence-electron chi connectivity index (χ1n) is 4.05. The van der Waals surface area contributed by atoms with Gasteiger partial charge in [0.2, 0.25) is 5.11 Å². The second-order valence-corrected chi connectivity index (χ2v) is 3.22. The number of aryl methyl sites for hydroxylation is 1. The minimum absolute atomic E-state index is 0.0462. The van der Waals surface area contributed by atoms with E-state index in [2.05, 4.69) is 10.3 Å². The van der Waals surface area contributed by atoms with Crippen LogP contribution >= 0.6 is 12.2 Å². The maximum Gasteiger partial charge on any atom is 0.200 e. The molecule has 0 saturated carbocycles. The molecule has 14 heavy (non-hydrogen) atoms. The molecule has 4 nitrogen and oxygen atoms in total. The number of anilines is 1. The lowest BCUT2D eigenvalue weighted by Crippen LogP contribution is -2.25. The number of benzene rings is 1. The lowest BCUT2D eigenvalue weighted by molar-refractivity contribution is 1.45. The van der Waals surface area contributed by atoms with Gasteiger partial charge in [0.1, 0.15) is 0 Å². The monoisotopic (exact) mass is 208 g/mol. The lowest BCUT2D eigenvalue weighted by atomic mass is 10.2. The van der Waals surface area contributed by atoms with Crippen LogP contribution in [0.3, 0.4) is 0 Å². The van der Waals surface area contributed by atoms with E-state index in [0.29, 0.717) is 0 Å². The van der Waals surface area contributed by atoms with E-state index >= 15 is 0 Å². The number of nitrogens with two attached hydrogens (primary N) is 2. The van der Waals surface area contributed by atoms with Gasteiger partial charge in [0.15, 0.2) is 5.96 Å². The third kappa shape index (κ3) is 3.40. The molecular formula is C9H12N4S. The van der Waals surface area contributed by atoms with Gasteiger partial charge in [-0.15, -0.1) is 0 Å². The molecule has 0 spiro atoms. The standard InChI is InChI=1S/C9H12N4S/c1-6-3-2-4-7(5-6)12-9(14)13-8(10)11/h2-5H,1H3,(H5,10,11,12,13,14). The number of aliphatic imine (C=N–C) groups is 1. The van der Waals surface area contributed by atoms with Crippen molar-refractivity contribution in [3.05, 3.63) is 29.8 Å². The third-order valence-corrected chi connectivity index (χ3v) is 1.69. The van der Waals surface area contributed by atoms with Crippen molar-refractivity contribution in [2.24, 2.45) is 16.5 Å². The first-order valence-corrected chi connectivity index (χ1v) is 4.46. The lowest BCUT2D eigenvalue weighted by Gasteiger charge is -2.04. The van der Waals surface area contributed by atoms with Gasteiger partial charge in [0.05, 0.1) is 0 Å². The van der Waals surface area contributed by atoms with Crippen molar-refractivity contribution in [1.82, 2.24) is 0 Å². The van der Waals surface area contributed by atoms with Crippen LogP contribution in [0.5, 0.6) is 0 Å². The van der Waals surface area contributed by atoms with Crippen LogP contribution in [0.1, 0.15) is 5.56 Å². The second kappa shape index (κ2) is 4.57. The third-order valence-electron chi connectivity index (χ3n) is 1.50. The van der Waals surface area contributed by atoms with E-state index < -0.39 is 0 Å². The van der Waals surface area contributed by atoms with E-state index in [1.807, 2.05) is 31.2 Å². The molecule has 1 aromatic carbocycles. The number of rotatable bonds is 1. The molecule has 0 aliphatic heterocycles. The van der Waals surface area contributed by atoms with Crippen LogP contribution in [0, 0.1) is 6.92 Å². The molecule has 0 bridgehead atoms. The molecule has 1 aromatic rings. The fraction of sp³-hybridized carbons (Fsp3) is 0.111. The average Bonchev–Trinajstić information content (AvgIpc) is 2.01. The van der Waals surface area contributed by atoms with E-state index in [4.69, 9.17) is 23.7 Å². The van der Waals surface area contributed by atoms with Gasteiger partial charge in [-0.1, -0.05) is 12.1 Å². The fourth-order valence-corrected chi connectivity index (χ4v) is 1.21. The summed E-state index contributed by atoms with van der Waals surface area (Å²) >= 11 is 4.90. The molecule has 1 rings (SSSR count). The largest absolute Gasteiger partial charge is 0.370 e. The second-order valence-electron chi connectivity index (χ2n) is 2.84. The zero-order chi connectivity index (χ0) is 10.6. The molecule has 0 aromatic heterocycles. The van der Waals surface area contributed by atoms with Gasteiger partial charge in [-0.05, 0) is 36.8 Å². The Morgan fingerprint density at radius 2 is 2.14 bits per heavy atom. The van der Waals surface area contributed by atoms with Crippen LogP contribution in [0.25, 0.3) is 0 Å². The van der Waals surface area contributed by atoms with Crippen molar-refractivity contribution < 1.29 is 0 Å². The van der Waals surface area contributed by atoms with Crippen molar-refractivity contribution in [3.8, 4) is 0 Å². The van der Waals surface area contributed by atoms with E-state index in [0.717, 1.165) is 11.3 Å². The quantitative estimate of drug-likeness (QED) is 0.365. The SMILES string of the molecule is Cc1cccc(NC(=S)N=C(N)N)c1. The molecule has 0 aliphatic rings. The minimum atomic E-state index is -0.0462. The summed E-state index contributed by atoms with van der Waals surface area (Å²) in [4.78, 5) is 3.69. The van der Waals surface area contributed by atoms with E-state index in [1.54, 1.807) is 0 Å². The maximum atomic E-state index is 5.18. The first-order chi connectivity index (χ1) is 6.58. The Balaban J connectivity index is 2.70. The number of hydrogen-bond acceptors (Lipinski definition) is 1. The van der Waals surface area contributed by atoms with E-state index in [-0.39, 0.29) is 11.1 Å². The van der Waals surface area contributed by atoms with Gasteiger partial charge in [-0.3, -0.25) is 0 Å². The Hall–Kier alpha value is -1.62. The topological polar surface area (TPSA) is 76.4 Å². The maximum absolute atomic E-state index is 5.18. The van der Waals surface area contributed by atoms with Crippen LogP contribution in [-0.4, -0.2) is 11.1 Å². The zero-order valence-electron chi connectivity index (χ0n) is 7.82.